The van der Waals surface area contributed by atoms with E-state index in [0.29, 0.717) is 18.5 Å². The van der Waals surface area contributed by atoms with Crippen LogP contribution in [0, 0.1) is 11.3 Å². The lowest BCUT2D eigenvalue weighted by Gasteiger charge is -2.25. The van der Waals surface area contributed by atoms with Gasteiger partial charge >= 0.3 is 6.09 Å². The first-order chi connectivity index (χ1) is 9.84. The zero-order valence-electron chi connectivity index (χ0n) is 13.6. The molecule has 2 atom stereocenters. The van der Waals surface area contributed by atoms with Crippen LogP contribution in [0.1, 0.15) is 52.9 Å². The topological polar surface area (TPSA) is 70.6 Å². The summed E-state index contributed by atoms with van der Waals surface area (Å²) in [4.78, 5) is 11.7. The Morgan fingerprint density at radius 3 is 2.62 bits per heavy atom. The Hall–Kier alpha value is -0.810. The van der Waals surface area contributed by atoms with Crippen LogP contribution in [0.15, 0.2) is 0 Å². The second-order valence-electron chi connectivity index (χ2n) is 7.72. The van der Waals surface area contributed by atoms with Gasteiger partial charge in [-0.15, -0.1) is 0 Å². The number of ether oxygens (including phenoxy) is 1. The van der Waals surface area contributed by atoms with Gasteiger partial charge < -0.3 is 20.5 Å². The van der Waals surface area contributed by atoms with Crippen LogP contribution in [0.3, 0.4) is 0 Å². The van der Waals surface area contributed by atoms with E-state index in [1.807, 2.05) is 20.8 Å². The molecule has 2 unspecified atom stereocenters. The minimum Gasteiger partial charge on any atom is -0.444 e. The highest BCUT2D eigenvalue weighted by atomic mass is 16.6. The maximum atomic E-state index is 11.7. The molecule has 0 aromatic carbocycles. The molecule has 2 fully saturated rings. The first-order valence-corrected chi connectivity index (χ1v) is 8.15. The third-order valence-corrected chi connectivity index (χ3v) is 4.60. The van der Waals surface area contributed by atoms with E-state index in [2.05, 4.69) is 10.6 Å². The fraction of sp³-hybridized carbons (Fsp3) is 0.938. The van der Waals surface area contributed by atoms with Crippen molar-refractivity contribution in [2.24, 2.45) is 11.3 Å². The minimum absolute atomic E-state index is 0.145. The Morgan fingerprint density at radius 1 is 1.33 bits per heavy atom. The summed E-state index contributed by atoms with van der Waals surface area (Å²) < 4.78 is 5.27. The Balaban J connectivity index is 1.70. The molecule has 5 heteroatoms. The van der Waals surface area contributed by atoms with Crippen molar-refractivity contribution in [3.05, 3.63) is 0 Å². The fourth-order valence-corrected chi connectivity index (χ4v) is 2.99. The molecule has 0 spiro atoms. The number of carbonyl (C=O) groups excluding carboxylic acids is 1. The first-order valence-electron chi connectivity index (χ1n) is 8.15. The van der Waals surface area contributed by atoms with Gasteiger partial charge in [-0.05, 0) is 52.4 Å². The average Bonchev–Trinajstić information content (AvgIpc) is 3.03. The van der Waals surface area contributed by atoms with Crippen molar-refractivity contribution in [3.63, 3.8) is 0 Å². The number of rotatable bonds is 6. The smallest absolute Gasteiger partial charge is 0.407 e. The van der Waals surface area contributed by atoms with E-state index < -0.39 is 5.60 Å². The van der Waals surface area contributed by atoms with E-state index in [-0.39, 0.29) is 18.1 Å². The van der Waals surface area contributed by atoms with E-state index in [4.69, 9.17) is 4.74 Å². The number of hydrogen-bond acceptors (Lipinski definition) is 4. The molecule has 0 aromatic heterocycles. The van der Waals surface area contributed by atoms with Crippen molar-refractivity contribution >= 4 is 6.09 Å². The molecular formula is C16H30N2O3. The van der Waals surface area contributed by atoms with Gasteiger partial charge in [-0.25, -0.2) is 4.79 Å². The Bertz CT molecular complexity index is 361. The highest BCUT2D eigenvalue weighted by Gasteiger charge is 2.42. The van der Waals surface area contributed by atoms with Gasteiger partial charge in [-0.3, -0.25) is 0 Å². The second-order valence-corrected chi connectivity index (χ2v) is 7.72. The molecule has 0 aliphatic heterocycles. The number of aliphatic hydroxyl groups is 1. The van der Waals surface area contributed by atoms with E-state index in [1.165, 1.54) is 6.42 Å². The summed E-state index contributed by atoms with van der Waals surface area (Å²) in [6.45, 7) is 7.47. The van der Waals surface area contributed by atoms with Crippen molar-refractivity contribution in [1.82, 2.24) is 10.6 Å². The molecule has 0 aromatic rings. The van der Waals surface area contributed by atoms with Gasteiger partial charge in [0.15, 0.2) is 0 Å². The molecule has 0 heterocycles. The predicted molar refractivity (Wildman–Crippen MR) is 82.1 cm³/mol. The summed E-state index contributed by atoms with van der Waals surface area (Å²) in [5.74, 6) is 0.465. The van der Waals surface area contributed by atoms with Crippen molar-refractivity contribution in [3.8, 4) is 0 Å². The SMILES string of the molecule is CC(C)(C)OC(=O)NCC1CCCC1NCC1(CO)CC1. The fourth-order valence-electron chi connectivity index (χ4n) is 2.99. The molecule has 21 heavy (non-hydrogen) atoms. The number of carbonyl (C=O) groups is 1. The van der Waals surface area contributed by atoms with Gasteiger partial charge in [0.25, 0.3) is 0 Å². The first kappa shape index (κ1) is 16.6. The molecule has 0 saturated heterocycles. The summed E-state index contributed by atoms with van der Waals surface area (Å²) in [5.41, 5.74) is -0.303. The standard InChI is InChI=1S/C16H30N2O3/c1-15(2,3)21-14(20)17-9-12-5-4-6-13(12)18-10-16(11-19)7-8-16/h12-13,18-19H,4-11H2,1-3H3,(H,17,20). The van der Waals surface area contributed by atoms with Gasteiger partial charge in [-0.2, -0.15) is 0 Å². The number of amides is 1. The van der Waals surface area contributed by atoms with Crippen LogP contribution in [0.5, 0.6) is 0 Å². The lowest BCUT2D eigenvalue weighted by molar-refractivity contribution is 0.0517. The average molecular weight is 298 g/mol. The Kier molecular flexibility index (Phi) is 5.15. The van der Waals surface area contributed by atoms with E-state index in [0.717, 1.165) is 32.2 Å². The van der Waals surface area contributed by atoms with Gasteiger partial charge in [-0.1, -0.05) is 6.42 Å². The van der Waals surface area contributed by atoms with Crippen molar-refractivity contribution in [2.45, 2.75) is 64.5 Å². The van der Waals surface area contributed by atoms with Crippen LogP contribution < -0.4 is 10.6 Å². The Labute approximate surface area is 127 Å². The molecule has 2 aliphatic carbocycles. The molecule has 0 radical (unpaired) electrons. The summed E-state index contributed by atoms with van der Waals surface area (Å²) in [6.07, 6.45) is 5.42. The van der Waals surface area contributed by atoms with Crippen LogP contribution >= 0.6 is 0 Å². The van der Waals surface area contributed by atoms with E-state index in [1.54, 1.807) is 0 Å². The van der Waals surface area contributed by atoms with Crippen LogP contribution in [0.2, 0.25) is 0 Å². The van der Waals surface area contributed by atoms with Gasteiger partial charge in [0.05, 0.1) is 0 Å². The summed E-state index contributed by atoms with van der Waals surface area (Å²) >= 11 is 0. The highest BCUT2D eigenvalue weighted by Crippen LogP contribution is 2.44. The minimum atomic E-state index is -0.448. The summed E-state index contributed by atoms with van der Waals surface area (Å²) in [5, 5.41) is 15.9. The van der Waals surface area contributed by atoms with Gasteiger partial charge in [0, 0.05) is 31.2 Å². The quantitative estimate of drug-likeness (QED) is 0.702. The van der Waals surface area contributed by atoms with Gasteiger partial charge in [0.1, 0.15) is 5.60 Å². The lowest BCUT2D eigenvalue weighted by atomic mass is 10.0. The summed E-state index contributed by atoms with van der Waals surface area (Å²) in [7, 11) is 0. The Morgan fingerprint density at radius 2 is 2.05 bits per heavy atom. The number of aliphatic hydroxyl groups excluding tert-OH is 1. The van der Waals surface area contributed by atoms with E-state index in [9.17, 15) is 9.90 Å². The second kappa shape index (κ2) is 6.53. The van der Waals surface area contributed by atoms with E-state index >= 15 is 0 Å². The molecule has 0 bridgehead atoms. The molecule has 3 N–H and O–H groups in total. The molecule has 2 rings (SSSR count). The van der Waals surface area contributed by atoms with Crippen LogP contribution in [0.4, 0.5) is 4.79 Å². The number of hydrogen-bond donors (Lipinski definition) is 3. The third-order valence-electron chi connectivity index (χ3n) is 4.60. The van der Waals surface area contributed by atoms with Gasteiger partial charge in [0.2, 0.25) is 0 Å². The molecule has 2 aliphatic rings. The maximum Gasteiger partial charge on any atom is 0.407 e. The van der Waals surface area contributed by atoms with Crippen LogP contribution in [0.25, 0.3) is 0 Å². The zero-order valence-corrected chi connectivity index (χ0v) is 13.6. The van der Waals surface area contributed by atoms with Crippen molar-refractivity contribution < 1.29 is 14.6 Å². The molecule has 5 nitrogen and oxygen atoms in total. The number of alkyl carbamates (subject to hydrolysis) is 1. The third kappa shape index (κ3) is 5.15. The normalized spacial score (nSPS) is 27.4. The monoisotopic (exact) mass is 298 g/mol. The molecular weight excluding hydrogens is 268 g/mol. The highest BCUT2D eigenvalue weighted by molar-refractivity contribution is 5.67. The zero-order chi connectivity index (χ0) is 15.5. The maximum absolute atomic E-state index is 11.7. The molecule has 2 saturated carbocycles. The van der Waals surface area contributed by atoms with Crippen LogP contribution in [-0.2, 0) is 4.74 Å². The van der Waals surface area contributed by atoms with Crippen LogP contribution in [-0.4, -0.2) is 42.5 Å². The molecule has 122 valence electrons. The largest absolute Gasteiger partial charge is 0.444 e. The lowest BCUT2D eigenvalue weighted by Crippen LogP contribution is -2.43. The molecule has 1 amide bonds. The summed E-state index contributed by atoms with van der Waals surface area (Å²) in [6, 6.07) is 0.448. The van der Waals surface area contributed by atoms with Crippen molar-refractivity contribution in [1.29, 1.82) is 0 Å². The predicted octanol–water partition coefficient (Wildman–Crippen LogP) is 2.04. The van der Waals surface area contributed by atoms with Crippen molar-refractivity contribution in [2.75, 3.05) is 19.7 Å². The number of nitrogens with one attached hydrogen (secondary N) is 2.